The summed E-state index contributed by atoms with van der Waals surface area (Å²) < 4.78 is 0. The van der Waals surface area contributed by atoms with E-state index in [4.69, 9.17) is 5.26 Å². The van der Waals surface area contributed by atoms with Crippen LogP contribution in [0.3, 0.4) is 0 Å². The second-order valence-corrected chi connectivity index (χ2v) is 3.07. The Hall–Kier alpha value is -1.69. The van der Waals surface area contributed by atoms with Gasteiger partial charge in [0.25, 0.3) is 0 Å². The fourth-order valence-electron chi connectivity index (χ4n) is 1.24. The number of hydrogen-bond donors (Lipinski definition) is 0. The lowest BCUT2D eigenvalue weighted by atomic mass is 10.0. The van der Waals surface area contributed by atoms with Gasteiger partial charge in [-0.3, -0.25) is 9.78 Å². The Labute approximate surface area is 83.4 Å². The van der Waals surface area contributed by atoms with Crippen molar-refractivity contribution in [1.29, 1.82) is 5.26 Å². The van der Waals surface area contributed by atoms with Gasteiger partial charge in [0.05, 0.1) is 6.07 Å². The Kier molecular flexibility index (Phi) is 3.81. The molecule has 0 radical (unpaired) electrons. The van der Waals surface area contributed by atoms with Gasteiger partial charge in [0, 0.05) is 30.3 Å². The summed E-state index contributed by atoms with van der Waals surface area (Å²) in [5.41, 5.74) is 1.43. The average molecular weight is 188 g/mol. The molecule has 1 heterocycles. The zero-order valence-electron chi connectivity index (χ0n) is 8.16. The van der Waals surface area contributed by atoms with Crippen molar-refractivity contribution in [3.05, 3.63) is 29.6 Å². The van der Waals surface area contributed by atoms with Gasteiger partial charge < -0.3 is 0 Å². The van der Waals surface area contributed by atoms with Crippen LogP contribution in [0.2, 0.25) is 0 Å². The minimum absolute atomic E-state index is 0.0749. The molecule has 3 nitrogen and oxygen atoms in total. The highest BCUT2D eigenvalue weighted by atomic mass is 16.1. The maximum atomic E-state index is 11.6. The largest absolute Gasteiger partial charge is 0.294 e. The number of aromatic nitrogens is 1. The zero-order valence-corrected chi connectivity index (χ0v) is 8.16. The van der Waals surface area contributed by atoms with E-state index >= 15 is 0 Å². The maximum Gasteiger partial charge on any atom is 0.164 e. The molecular weight excluding hydrogens is 176 g/mol. The fourth-order valence-corrected chi connectivity index (χ4v) is 1.24. The number of hydrogen-bond acceptors (Lipinski definition) is 3. The second-order valence-electron chi connectivity index (χ2n) is 3.07. The van der Waals surface area contributed by atoms with Crippen molar-refractivity contribution in [3.8, 4) is 6.07 Å². The smallest absolute Gasteiger partial charge is 0.164 e. The molecule has 0 aliphatic rings. The van der Waals surface area contributed by atoms with Gasteiger partial charge in [-0.05, 0) is 25.5 Å². The third-order valence-electron chi connectivity index (χ3n) is 2.00. The standard InChI is InChI=1S/C11H12N2O/c1-9-10(5-4-8-13-9)11(14)6-2-3-7-12/h4-5,8H,2-3,6H2,1H3. The first-order valence-electron chi connectivity index (χ1n) is 4.57. The number of carbonyl (C=O) groups is 1. The number of unbranched alkanes of at least 4 members (excludes halogenated alkanes) is 1. The number of nitrogens with zero attached hydrogens (tertiary/aromatic N) is 2. The number of nitriles is 1. The van der Waals surface area contributed by atoms with Crippen molar-refractivity contribution in [3.63, 3.8) is 0 Å². The lowest BCUT2D eigenvalue weighted by Crippen LogP contribution is -2.02. The van der Waals surface area contributed by atoms with Crippen LogP contribution in [0.25, 0.3) is 0 Å². The van der Waals surface area contributed by atoms with E-state index in [9.17, 15) is 4.79 Å². The first-order valence-corrected chi connectivity index (χ1v) is 4.57. The van der Waals surface area contributed by atoms with E-state index < -0.39 is 0 Å². The molecule has 0 saturated carbocycles. The summed E-state index contributed by atoms with van der Waals surface area (Å²) in [6.45, 7) is 1.82. The Balaban J connectivity index is 2.62. The van der Waals surface area contributed by atoms with E-state index in [1.807, 2.05) is 13.0 Å². The summed E-state index contributed by atoms with van der Waals surface area (Å²) in [4.78, 5) is 15.6. The van der Waals surface area contributed by atoms with Gasteiger partial charge >= 0.3 is 0 Å². The number of rotatable bonds is 4. The molecule has 3 heteroatoms. The van der Waals surface area contributed by atoms with Crippen molar-refractivity contribution < 1.29 is 4.79 Å². The summed E-state index contributed by atoms with van der Waals surface area (Å²) in [5, 5.41) is 8.33. The van der Waals surface area contributed by atoms with Crippen LogP contribution in [-0.2, 0) is 0 Å². The van der Waals surface area contributed by atoms with Crippen LogP contribution in [0.4, 0.5) is 0 Å². The molecule has 0 bridgehead atoms. The predicted octanol–water partition coefficient (Wildman–Crippen LogP) is 2.27. The third kappa shape index (κ3) is 2.67. The van der Waals surface area contributed by atoms with Crippen LogP contribution < -0.4 is 0 Å². The van der Waals surface area contributed by atoms with E-state index in [1.54, 1.807) is 18.3 Å². The Morgan fingerprint density at radius 1 is 1.64 bits per heavy atom. The molecule has 0 N–H and O–H groups in total. The highest BCUT2D eigenvalue weighted by Gasteiger charge is 2.08. The molecule has 0 spiro atoms. The Bertz CT molecular complexity index is 366. The van der Waals surface area contributed by atoms with Crippen LogP contribution in [0.15, 0.2) is 18.3 Å². The molecule has 0 atom stereocenters. The molecule has 0 amide bonds. The fraction of sp³-hybridized carbons (Fsp3) is 0.364. The molecule has 0 fully saturated rings. The first-order chi connectivity index (χ1) is 6.75. The van der Waals surface area contributed by atoms with Gasteiger partial charge in [-0.15, -0.1) is 0 Å². The third-order valence-corrected chi connectivity index (χ3v) is 2.00. The van der Waals surface area contributed by atoms with Crippen molar-refractivity contribution >= 4 is 5.78 Å². The summed E-state index contributed by atoms with van der Waals surface area (Å²) in [7, 11) is 0. The van der Waals surface area contributed by atoms with E-state index in [-0.39, 0.29) is 5.78 Å². The molecule has 0 saturated heterocycles. The summed E-state index contributed by atoms with van der Waals surface area (Å²) >= 11 is 0. The van der Waals surface area contributed by atoms with E-state index in [2.05, 4.69) is 4.98 Å². The van der Waals surface area contributed by atoms with Crippen molar-refractivity contribution in [2.24, 2.45) is 0 Å². The first kappa shape index (κ1) is 10.4. The number of ketones is 1. The van der Waals surface area contributed by atoms with Gasteiger partial charge in [-0.25, -0.2) is 0 Å². The zero-order chi connectivity index (χ0) is 10.4. The minimum atomic E-state index is 0.0749. The molecule has 1 aromatic rings. The van der Waals surface area contributed by atoms with Crippen molar-refractivity contribution in [2.75, 3.05) is 0 Å². The molecule has 0 aliphatic carbocycles. The number of aryl methyl sites for hydroxylation is 1. The van der Waals surface area contributed by atoms with Crippen LogP contribution >= 0.6 is 0 Å². The predicted molar refractivity (Wildman–Crippen MR) is 52.8 cm³/mol. The van der Waals surface area contributed by atoms with E-state index in [1.165, 1.54) is 0 Å². The summed E-state index contributed by atoms with van der Waals surface area (Å²) in [6, 6.07) is 5.55. The Morgan fingerprint density at radius 2 is 2.43 bits per heavy atom. The quantitative estimate of drug-likeness (QED) is 0.538. The lowest BCUT2D eigenvalue weighted by molar-refractivity contribution is 0.0979. The second kappa shape index (κ2) is 5.13. The molecule has 0 unspecified atom stereocenters. The van der Waals surface area contributed by atoms with Gasteiger partial charge in [0.2, 0.25) is 0 Å². The van der Waals surface area contributed by atoms with Crippen molar-refractivity contribution in [2.45, 2.75) is 26.2 Å². The molecule has 1 aromatic heterocycles. The molecule has 14 heavy (non-hydrogen) atoms. The minimum Gasteiger partial charge on any atom is -0.294 e. The highest BCUT2D eigenvalue weighted by Crippen LogP contribution is 2.09. The van der Waals surface area contributed by atoms with E-state index in [0.717, 1.165) is 5.69 Å². The van der Waals surface area contributed by atoms with Gasteiger partial charge in [0.1, 0.15) is 0 Å². The average Bonchev–Trinajstić information content (AvgIpc) is 2.18. The summed E-state index contributed by atoms with van der Waals surface area (Å²) in [5.74, 6) is 0.0749. The van der Waals surface area contributed by atoms with Crippen LogP contribution in [0.1, 0.15) is 35.3 Å². The molecule has 0 aliphatic heterocycles. The van der Waals surface area contributed by atoms with Crippen molar-refractivity contribution in [1.82, 2.24) is 4.98 Å². The van der Waals surface area contributed by atoms with Crippen LogP contribution in [0, 0.1) is 18.3 Å². The lowest BCUT2D eigenvalue weighted by Gasteiger charge is -2.01. The highest BCUT2D eigenvalue weighted by molar-refractivity contribution is 5.96. The van der Waals surface area contributed by atoms with Gasteiger partial charge in [-0.1, -0.05) is 0 Å². The topological polar surface area (TPSA) is 53.8 Å². The molecule has 72 valence electrons. The molecule has 0 aromatic carbocycles. The number of pyridine rings is 1. The SMILES string of the molecule is Cc1ncccc1C(=O)CCCC#N. The van der Waals surface area contributed by atoms with Gasteiger partial charge in [0.15, 0.2) is 5.78 Å². The van der Waals surface area contributed by atoms with Gasteiger partial charge in [-0.2, -0.15) is 5.26 Å². The maximum absolute atomic E-state index is 11.6. The monoisotopic (exact) mass is 188 g/mol. The molecule has 1 rings (SSSR count). The van der Waals surface area contributed by atoms with Crippen LogP contribution in [0.5, 0.6) is 0 Å². The summed E-state index contributed by atoms with van der Waals surface area (Å²) in [6.07, 6.45) is 3.16. The number of carbonyl (C=O) groups excluding carboxylic acids is 1. The Morgan fingerprint density at radius 3 is 3.07 bits per heavy atom. The van der Waals surface area contributed by atoms with E-state index in [0.29, 0.717) is 24.8 Å². The number of Topliss-reactive ketones (excluding diaryl/α,β-unsaturated/α-hetero) is 1. The molecular formula is C11H12N2O. The van der Waals surface area contributed by atoms with Crippen LogP contribution in [-0.4, -0.2) is 10.8 Å². The normalized spacial score (nSPS) is 9.43.